The molecule has 3 rings (SSSR count). The lowest BCUT2D eigenvalue weighted by Crippen LogP contribution is -2.40. The summed E-state index contributed by atoms with van der Waals surface area (Å²) in [4.78, 5) is 17.4. The fraction of sp³-hybridized carbons (Fsp3) is 0.333. The van der Waals surface area contributed by atoms with Crippen LogP contribution in [0.4, 0.5) is 4.39 Å². The van der Waals surface area contributed by atoms with Gasteiger partial charge in [0.05, 0.1) is 0 Å². The second kappa shape index (κ2) is 7.82. The van der Waals surface area contributed by atoms with Crippen molar-refractivity contribution in [2.24, 2.45) is 0 Å². The highest BCUT2D eigenvalue weighted by molar-refractivity contribution is 5.96. The Labute approximate surface area is 171 Å². The third-order valence-corrected chi connectivity index (χ3v) is 4.64. The number of hydrogen-bond acceptors (Lipinski definition) is 2. The smallest absolute Gasteiger partial charge is 0.251 e. The van der Waals surface area contributed by atoms with Gasteiger partial charge in [-0.05, 0) is 68.7 Å². The number of nitrogens with one attached hydrogen (secondary N) is 1. The van der Waals surface area contributed by atoms with Gasteiger partial charge >= 0.3 is 0 Å². The highest BCUT2D eigenvalue weighted by atomic mass is 19.1. The molecular formula is C24H28FN3O. The Kier molecular flexibility index (Phi) is 5.60. The zero-order valence-corrected chi connectivity index (χ0v) is 17.9. The van der Waals surface area contributed by atoms with Crippen LogP contribution in [0.1, 0.15) is 62.3 Å². The second-order valence-electron chi connectivity index (χ2n) is 8.75. The van der Waals surface area contributed by atoms with Gasteiger partial charge in [-0.1, -0.05) is 26.0 Å². The van der Waals surface area contributed by atoms with Crippen molar-refractivity contribution in [2.75, 3.05) is 0 Å². The van der Waals surface area contributed by atoms with Crippen molar-refractivity contribution < 1.29 is 9.18 Å². The van der Waals surface area contributed by atoms with Gasteiger partial charge in [-0.25, -0.2) is 9.37 Å². The maximum Gasteiger partial charge on any atom is 0.251 e. The van der Waals surface area contributed by atoms with E-state index in [2.05, 4.69) is 24.1 Å². The van der Waals surface area contributed by atoms with Crippen molar-refractivity contribution in [3.05, 3.63) is 71.6 Å². The molecule has 152 valence electrons. The fourth-order valence-electron chi connectivity index (χ4n) is 3.19. The number of halogens is 1. The van der Waals surface area contributed by atoms with Gasteiger partial charge in [-0.15, -0.1) is 0 Å². The molecule has 0 saturated carbocycles. The number of benzene rings is 2. The molecule has 29 heavy (non-hydrogen) atoms. The van der Waals surface area contributed by atoms with Crippen LogP contribution in [0.3, 0.4) is 0 Å². The van der Waals surface area contributed by atoms with E-state index in [0.717, 1.165) is 22.6 Å². The van der Waals surface area contributed by atoms with E-state index in [1.54, 1.807) is 25.3 Å². The third kappa shape index (κ3) is 4.73. The quantitative estimate of drug-likeness (QED) is 0.624. The summed E-state index contributed by atoms with van der Waals surface area (Å²) in [6, 6.07) is 10.8. The summed E-state index contributed by atoms with van der Waals surface area (Å²) in [7, 11) is 0. The van der Waals surface area contributed by atoms with Gasteiger partial charge in [-0.2, -0.15) is 0 Å². The summed E-state index contributed by atoms with van der Waals surface area (Å²) in [6.07, 6.45) is 3.64. The molecule has 1 amide bonds. The fourth-order valence-corrected chi connectivity index (χ4v) is 3.19. The highest BCUT2D eigenvalue weighted by Crippen LogP contribution is 2.28. The van der Waals surface area contributed by atoms with E-state index in [1.165, 1.54) is 6.07 Å². The normalized spacial score (nSPS) is 11.7. The van der Waals surface area contributed by atoms with E-state index in [1.807, 2.05) is 49.7 Å². The van der Waals surface area contributed by atoms with E-state index < -0.39 is 0 Å². The zero-order valence-electron chi connectivity index (χ0n) is 17.9. The molecule has 0 bridgehead atoms. The van der Waals surface area contributed by atoms with Crippen molar-refractivity contribution >= 4 is 5.91 Å². The van der Waals surface area contributed by atoms with Crippen LogP contribution in [0.2, 0.25) is 0 Å². The Balaban J connectivity index is 2.17. The van der Waals surface area contributed by atoms with Gasteiger partial charge in [0.15, 0.2) is 0 Å². The van der Waals surface area contributed by atoms with E-state index in [9.17, 15) is 9.18 Å². The first kappa shape index (κ1) is 20.8. The van der Waals surface area contributed by atoms with Crippen molar-refractivity contribution in [3.8, 4) is 16.8 Å². The van der Waals surface area contributed by atoms with Crippen LogP contribution >= 0.6 is 0 Å². The number of imidazole rings is 1. The van der Waals surface area contributed by atoms with Crippen molar-refractivity contribution in [1.82, 2.24) is 14.9 Å². The van der Waals surface area contributed by atoms with Crippen LogP contribution in [0.15, 0.2) is 48.8 Å². The number of carbonyl (C=O) groups is 1. The summed E-state index contributed by atoms with van der Waals surface area (Å²) >= 11 is 0. The van der Waals surface area contributed by atoms with Gasteiger partial charge < -0.3 is 9.88 Å². The van der Waals surface area contributed by atoms with Crippen molar-refractivity contribution in [1.29, 1.82) is 0 Å². The average Bonchev–Trinajstić information content (AvgIpc) is 3.12. The molecule has 0 fully saturated rings. The van der Waals surface area contributed by atoms with Crippen LogP contribution in [0.25, 0.3) is 16.8 Å². The van der Waals surface area contributed by atoms with Crippen molar-refractivity contribution in [2.45, 2.75) is 53.0 Å². The molecule has 0 radical (unpaired) electrons. The predicted octanol–water partition coefficient (Wildman–Crippen LogP) is 5.64. The van der Waals surface area contributed by atoms with Crippen LogP contribution in [-0.2, 0) is 0 Å². The Morgan fingerprint density at radius 3 is 2.45 bits per heavy atom. The summed E-state index contributed by atoms with van der Waals surface area (Å²) in [5, 5.41) is 3.01. The lowest BCUT2D eigenvalue weighted by Gasteiger charge is -2.21. The SMILES string of the molecule is Cc1ccc(-c2cc(C(=O)NC(C)(C)C)cc(-n3ccnc3C(C)C)c2)cc1F. The van der Waals surface area contributed by atoms with Crippen LogP contribution in [0.5, 0.6) is 0 Å². The Hall–Kier alpha value is -2.95. The maximum absolute atomic E-state index is 14.2. The minimum atomic E-state index is -0.360. The van der Waals surface area contributed by atoms with Gasteiger partial charge in [0.25, 0.3) is 5.91 Å². The first-order valence-electron chi connectivity index (χ1n) is 9.83. The lowest BCUT2D eigenvalue weighted by atomic mass is 9.99. The molecule has 3 aromatic rings. The monoisotopic (exact) mass is 393 g/mol. The van der Waals surface area contributed by atoms with Gasteiger partial charge in [0.2, 0.25) is 0 Å². The lowest BCUT2D eigenvalue weighted by molar-refractivity contribution is 0.0919. The molecule has 0 aliphatic carbocycles. The van der Waals surface area contributed by atoms with Gasteiger partial charge in [0.1, 0.15) is 11.6 Å². The average molecular weight is 394 g/mol. The first-order chi connectivity index (χ1) is 13.5. The number of aromatic nitrogens is 2. The summed E-state index contributed by atoms with van der Waals surface area (Å²) in [5.74, 6) is 0.690. The third-order valence-electron chi connectivity index (χ3n) is 4.64. The minimum absolute atomic E-state index is 0.167. The molecule has 0 aliphatic rings. The number of hydrogen-bond donors (Lipinski definition) is 1. The number of aryl methyl sites for hydroxylation is 1. The predicted molar refractivity (Wildman–Crippen MR) is 115 cm³/mol. The topological polar surface area (TPSA) is 46.9 Å². The molecule has 1 aromatic heterocycles. The number of nitrogens with zero attached hydrogens (tertiary/aromatic N) is 2. The molecule has 0 saturated heterocycles. The van der Waals surface area contributed by atoms with Crippen LogP contribution in [-0.4, -0.2) is 21.0 Å². The molecule has 1 heterocycles. The largest absolute Gasteiger partial charge is 0.347 e. The number of rotatable bonds is 4. The number of amides is 1. The van der Waals surface area contributed by atoms with Gasteiger partial charge in [0, 0.05) is 35.1 Å². The Morgan fingerprint density at radius 1 is 1.10 bits per heavy atom. The number of carbonyl (C=O) groups excluding carboxylic acids is 1. The van der Waals surface area contributed by atoms with Crippen LogP contribution < -0.4 is 5.32 Å². The van der Waals surface area contributed by atoms with E-state index in [-0.39, 0.29) is 23.2 Å². The van der Waals surface area contributed by atoms with E-state index in [4.69, 9.17) is 0 Å². The molecule has 0 unspecified atom stereocenters. The first-order valence-corrected chi connectivity index (χ1v) is 9.83. The maximum atomic E-state index is 14.2. The summed E-state index contributed by atoms with van der Waals surface area (Å²) < 4.78 is 16.2. The Morgan fingerprint density at radius 2 is 1.83 bits per heavy atom. The molecule has 0 aliphatic heterocycles. The van der Waals surface area contributed by atoms with E-state index in [0.29, 0.717) is 11.1 Å². The molecular weight excluding hydrogens is 365 g/mol. The van der Waals surface area contributed by atoms with Crippen LogP contribution in [0, 0.1) is 12.7 Å². The molecule has 1 N–H and O–H groups in total. The van der Waals surface area contributed by atoms with E-state index >= 15 is 0 Å². The Bertz CT molecular complexity index is 1040. The summed E-state index contributed by atoms with van der Waals surface area (Å²) in [5.41, 5.74) is 3.09. The molecule has 0 spiro atoms. The standard InChI is InChI=1S/C24H28FN3O/c1-15(2)22-26-9-10-28(22)20-12-18(17-8-7-16(3)21(25)14-17)11-19(13-20)23(29)27-24(4,5)6/h7-15H,1-6H3,(H,27,29). The summed E-state index contributed by atoms with van der Waals surface area (Å²) in [6.45, 7) is 11.7. The molecule has 4 nitrogen and oxygen atoms in total. The highest BCUT2D eigenvalue weighted by Gasteiger charge is 2.18. The minimum Gasteiger partial charge on any atom is -0.347 e. The van der Waals surface area contributed by atoms with Crippen molar-refractivity contribution in [3.63, 3.8) is 0 Å². The molecule has 0 atom stereocenters. The second-order valence-corrected chi connectivity index (χ2v) is 8.75. The molecule has 2 aromatic carbocycles. The zero-order chi connectivity index (χ0) is 21.3. The molecule has 5 heteroatoms. The van der Waals surface area contributed by atoms with Gasteiger partial charge in [-0.3, -0.25) is 4.79 Å².